The molecule has 8 nitrogen and oxygen atoms in total. The first-order valence-corrected chi connectivity index (χ1v) is 8.83. The molecule has 152 valence electrons. The van der Waals surface area contributed by atoms with Crippen LogP contribution >= 0.6 is 0 Å². The second-order valence-electron chi connectivity index (χ2n) is 6.93. The van der Waals surface area contributed by atoms with Gasteiger partial charge < -0.3 is 15.3 Å². The normalized spacial score (nSPS) is 21.1. The first-order chi connectivity index (χ1) is 13.2. The van der Waals surface area contributed by atoms with E-state index in [0.29, 0.717) is 6.04 Å². The molecule has 0 bridgehead atoms. The van der Waals surface area contributed by atoms with Gasteiger partial charge in [0.05, 0.1) is 6.02 Å². The maximum atomic E-state index is 12.7. The van der Waals surface area contributed by atoms with Crippen LogP contribution in [0.5, 0.6) is 0 Å². The zero-order valence-corrected chi connectivity index (χ0v) is 15.5. The third-order valence-corrected chi connectivity index (χ3v) is 4.71. The summed E-state index contributed by atoms with van der Waals surface area (Å²) in [5.74, 6) is -0.0189. The van der Waals surface area contributed by atoms with Crippen molar-refractivity contribution in [2.75, 3.05) is 19.4 Å². The number of rotatable bonds is 4. The number of aromatic nitrogens is 3. The molecule has 2 atom stereocenters. The summed E-state index contributed by atoms with van der Waals surface area (Å²) in [4.78, 5) is 9.11. The van der Waals surface area contributed by atoms with E-state index in [1.807, 2.05) is 14.1 Å². The van der Waals surface area contributed by atoms with E-state index in [1.165, 1.54) is 12.3 Å². The Hall–Kier alpha value is -2.69. The highest BCUT2D eigenvalue weighted by Gasteiger charge is 2.33. The van der Waals surface area contributed by atoms with Crippen molar-refractivity contribution >= 4 is 17.6 Å². The molecule has 0 spiro atoms. The third-order valence-electron chi connectivity index (χ3n) is 4.71. The average molecular weight is 398 g/mol. The summed E-state index contributed by atoms with van der Waals surface area (Å²) in [6, 6.07) is 1.70. The molecule has 3 rings (SSSR count). The molecule has 0 unspecified atom stereocenters. The summed E-state index contributed by atoms with van der Waals surface area (Å²) < 4.78 is 44.8. The molecular formula is C17H21F3N6O2. The minimum Gasteiger partial charge on any atom is -0.846 e. The average Bonchev–Trinajstić information content (AvgIpc) is 3.09. The quantitative estimate of drug-likeness (QED) is 0.480. The van der Waals surface area contributed by atoms with Gasteiger partial charge in [-0.3, -0.25) is 9.51 Å². The van der Waals surface area contributed by atoms with Crippen LogP contribution in [-0.4, -0.2) is 41.3 Å². The Labute approximate surface area is 159 Å². The van der Waals surface area contributed by atoms with Crippen LogP contribution < -0.4 is 15.1 Å². The third kappa shape index (κ3) is 4.97. The molecule has 2 heterocycles. The van der Waals surface area contributed by atoms with E-state index in [-0.39, 0.29) is 17.6 Å². The SMILES string of the molecule is CN(C)[C@H]1CCC[C@@H]([n+]2cc(N=C([O-])Nc3ccnc(C(F)(F)F)c3)on2)C1. The zero-order valence-electron chi connectivity index (χ0n) is 15.5. The van der Waals surface area contributed by atoms with Crippen molar-refractivity contribution in [3.63, 3.8) is 0 Å². The largest absolute Gasteiger partial charge is 0.846 e. The number of pyridine rings is 1. The highest BCUT2D eigenvalue weighted by atomic mass is 19.4. The summed E-state index contributed by atoms with van der Waals surface area (Å²) in [7, 11) is 4.07. The summed E-state index contributed by atoms with van der Waals surface area (Å²) in [6.45, 7) is 0. The zero-order chi connectivity index (χ0) is 20.3. The molecule has 28 heavy (non-hydrogen) atoms. The minimum absolute atomic E-state index is 0.0189. The predicted octanol–water partition coefficient (Wildman–Crippen LogP) is 1.88. The van der Waals surface area contributed by atoms with E-state index in [9.17, 15) is 18.3 Å². The minimum atomic E-state index is -4.60. The van der Waals surface area contributed by atoms with Crippen LogP contribution in [0.1, 0.15) is 37.4 Å². The fraction of sp³-hybridized carbons (Fsp3) is 0.529. The smallest absolute Gasteiger partial charge is 0.433 e. The molecule has 1 aliphatic rings. The van der Waals surface area contributed by atoms with Gasteiger partial charge in [0, 0.05) is 30.8 Å². The molecule has 0 radical (unpaired) electrons. The van der Waals surface area contributed by atoms with Gasteiger partial charge in [0.15, 0.2) is 6.04 Å². The summed E-state index contributed by atoms with van der Waals surface area (Å²) in [6.07, 6.45) is 1.93. The van der Waals surface area contributed by atoms with Gasteiger partial charge in [-0.2, -0.15) is 13.2 Å². The molecule has 0 amide bonds. The van der Waals surface area contributed by atoms with E-state index in [4.69, 9.17) is 4.52 Å². The molecular weight excluding hydrogens is 377 g/mol. The lowest BCUT2D eigenvalue weighted by atomic mass is 9.90. The second kappa shape index (κ2) is 8.13. The number of halogens is 3. The Morgan fingerprint density at radius 1 is 1.39 bits per heavy atom. The molecule has 1 aliphatic carbocycles. The monoisotopic (exact) mass is 398 g/mol. The van der Waals surface area contributed by atoms with E-state index >= 15 is 0 Å². The summed E-state index contributed by atoms with van der Waals surface area (Å²) in [5.41, 5.74) is -1.17. The van der Waals surface area contributed by atoms with Crippen molar-refractivity contribution in [1.29, 1.82) is 0 Å². The van der Waals surface area contributed by atoms with E-state index in [0.717, 1.165) is 37.9 Å². The van der Waals surface area contributed by atoms with Crippen LogP contribution in [0.4, 0.5) is 24.7 Å². The van der Waals surface area contributed by atoms with Crippen molar-refractivity contribution in [3.8, 4) is 0 Å². The molecule has 2 aromatic heterocycles. The molecule has 0 aliphatic heterocycles. The van der Waals surface area contributed by atoms with E-state index < -0.39 is 17.9 Å². The number of alkyl halides is 3. The van der Waals surface area contributed by atoms with Gasteiger partial charge in [-0.05, 0) is 43.8 Å². The van der Waals surface area contributed by atoms with Gasteiger partial charge in [0.1, 0.15) is 5.69 Å². The van der Waals surface area contributed by atoms with Crippen LogP contribution in [0.25, 0.3) is 0 Å². The number of nitrogens with one attached hydrogen (secondary N) is 1. The Bertz CT molecular complexity index is 836. The number of hydrogen-bond donors (Lipinski definition) is 1. The first-order valence-electron chi connectivity index (χ1n) is 8.83. The van der Waals surface area contributed by atoms with Crippen LogP contribution in [0.15, 0.2) is 34.0 Å². The Morgan fingerprint density at radius 3 is 2.89 bits per heavy atom. The van der Waals surface area contributed by atoms with Gasteiger partial charge in [-0.15, -0.1) is 0 Å². The number of aliphatic imine (C=N–C) groups is 1. The summed E-state index contributed by atoms with van der Waals surface area (Å²) in [5, 5.41) is 18.2. The number of amidine groups is 1. The standard InChI is InChI=1S/C17H21F3N6O2/c1-25(2)12-4-3-5-13(9-12)26-10-15(28-24-26)23-16(27)22-11-6-7-21-14(8-11)17(18,19)20/h6-8,10,12-13H,3-5,9H2,1-2H3,(H-,21,22,23,24,27)/t12-,13+/m0/s1. The van der Waals surface area contributed by atoms with E-state index in [1.54, 1.807) is 4.68 Å². The molecule has 1 saturated carbocycles. The molecule has 0 saturated heterocycles. The number of hydrogen-bond acceptors (Lipinski definition) is 6. The second-order valence-corrected chi connectivity index (χ2v) is 6.93. The molecule has 0 aromatic carbocycles. The van der Waals surface area contributed by atoms with Gasteiger partial charge in [-0.25, -0.2) is 4.99 Å². The van der Waals surface area contributed by atoms with Crippen molar-refractivity contribution < 1.29 is 27.5 Å². The fourth-order valence-corrected chi connectivity index (χ4v) is 3.23. The lowest BCUT2D eigenvalue weighted by molar-refractivity contribution is -0.787. The number of anilines is 1. The molecule has 11 heteroatoms. The Balaban J connectivity index is 1.67. The topological polar surface area (TPSA) is 93.5 Å². The molecule has 1 N–H and O–H groups in total. The van der Waals surface area contributed by atoms with Crippen molar-refractivity contribution in [3.05, 3.63) is 30.2 Å². The molecule has 2 aromatic rings. The number of nitrogens with zero attached hydrogens (tertiary/aromatic N) is 5. The van der Waals surface area contributed by atoms with Gasteiger partial charge in [0.25, 0.3) is 6.20 Å². The Kier molecular flexibility index (Phi) is 5.82. The van der Waals surface area contributed by atoms with E-state index in [2.05, 4.69) is 25.5 Å². The highest BCUT2D eigenvalue weighted by Crippen LogP contribution is 2.29. The lowest BCUT2D eigenvalue weighted by Gasteiger charge is -2.29. The van der Waals surface area contributed by atoms with Crippen LogP contribution in [-0.2, 0) is 6.18 Å². The predicted molar refractivity (Wildman–Crippen MR) is 91.6 cm³/mol. The maximum absolute atomic E-state index is 12.7. The van der Waals surface area contributed by atoms with Gasteiger partial charge >= 0.3 is 12.1 Å². The lowest BCUT2D eigenvalue weighted by Crippen LogP contribution is -2.46. The van der Waals surface area contributed by atoms with Gasteiger partial charge in [0.2, 0.25) is 5.27 Å². The van der Waals surface area contributed by atoms with Gasteiger partial charge in [-0.1, -0.05) is 0 Å². The van der Waals surface area contributed by atoms with Crippen LogP contribution in [0, 0.1) is 0 Å². The molecule has 1 fully saturated rings. The first kappa shape index (κ1) is 20.1. The highest BCUT2D eigenvalue weighted by molar-refractivity contribution is 5.86. The summed E-state index contributed by atoms with van der Waals surface area (Å²) >= 11 is 0. The fourth-order valence-electron chi connectivity index (χ4n) is 3.23. The Morgan fingerprint density at radius 2 is 2.18 bits per heavy atom. The van der Waals surface area contributed by atoms with Crippen LogP contribution in [0.3, 0.4) is 0 Å². The van der Waals surface area contributed by atoms with Crippen molar-refractivity contribution in [1.82, 2.24) is 15.2 Å². The van der Waals surface area contributed by atoms with Crippen molar-refractivity contribution in [2.24, 2.45) is 4.99 Å². The maximum Gasteiger partial charge on any atom is 0.433 e. The van der Waals surface area contributed by atoms with Crippen LogP contribution in [0.2, 0.25) is 0 Å². The van der Waals surface area contributed by atoms with Crippen molar-refractivity contribution in [2.45, 2.75) is 43.9 Å².